The van der Waals surface area contributed by atoms with E-state index in [1.54, 1.807) is 0 Å². The molecule has 1 aliphatic heterocycles. The van der Waals surface area contributed by atoms with E-state index in [2.05, 4.69) is 25.7 Å². The van der Waals surface area contributed by atoms with Crippen LogP contribution in [-0.2, 0) is 0 Å². The van der Waals surface area contributed by atoms with Gasteiger partial charge in [-0.2, -0.15) is 0 Å². The molecule has 0 spiro atoms. The summed E-state index contributed by atoms with van der Waals surface area (Å²) >= 11 is 0. The van der Waals surface area contributed by atoms with E-state index in [4.69, 9.17) is 5.73 Å². The SMILES string of the molecule is CC(CN)CCCN1CCCC1C(C)C. The van der Waals surface area contributed by atoms with Crippen molar-refractivity contribution >= 4 is 0 Å². The first kappa shape index (κ1) is 13.0. The number of hydrogen-bond acceptors (Lipinski definition) is 2. The molecule has 0 bridgehead atoms. The van der Waals surface area contributed by atoms with E-state index in [0.29, 0.717) is 5.92 Å². The van der Waals surface area contributed by atoms with Crippen molar-refractivity contribution in [3.05, 3.63) is 0 Å². The molecule has 2 N–H and O–H groups in total. The molecule has 2 atom stereocenters. The molecule has 0 aliphatic carbocycles. The summed E-state index contributed by atoms with van der Waals surface area (Å²) in [5.41, 5.74) is 5.63. The highest BCUT2D eigenvalue weighted by Crippen LogP contribution is 2.24. The zero-order valence-electron chi connectivity index (χ0n) is 10.7. The number of nitrogens with zero attached hydrogens (tertiary/aromatic N) is 1. The Kier molecular flexibility index (Phi) is 5.62. The maximum absolute atomic E-state index is 5.63. The monoisotopic (exact) mass is 212 g/mol. The summed E-state index contributed by atoms with van der Waals surface area (Å²) in [5, 5.41) is 0. The van der Waals surface area contributed by atoms with E-state index in [1.165, 1.54) is 38.8 Å². The third-order valence-electron chi connectivity index (χ3n) is 3.73. The van der Waals surface area contributed by atoms with Gasteiger partial charge in [-0.05, 0) is 57.2 Å². The van der Waals surface area contributed by atoms with Gasteiger partial charge in [0.2, 0.25) is 0 Å². The van der Waals surface area contributed by atoms with Crippen molar-refractivity contribution in [1.29, 1.82) is 0 Å². The third kappa shape index (κ3) is 4.12. The minimum Gasteiger partial charge on any atom is -0.330 e. The Morgan fingerprint density at radius 3 is 2.67 bits per heavy atom. The molecule has 2 unspecified atom stereocenters. The lowest BCUT2D eigenvalue weighted by molar-refractivity contribution is 0.200. The predicted molar refractivity (Wildman–Crippen MR) is 66.9 cm³/mol. The molecule has 0 aromatic heterocycles. The molecule has 2 nitrogen and oxygen atoms in total. The number of likely N-dealkylation sites (tertiary alicyclic amines) is 1. The molecule has 1 heterocycles. The molecule has 2 heteroatoms. The lowest BCUT2D eigenvalue weighted by Gasteiger charge is -2.27. The van der Waals surface area contributed by atoms with E-state index < -0.39 is 0 Å². The molecule has 0 radical (unpaired) electrons. The molecular formula is C13H28N2. The van der Waals surface area contributed by atoms with Crippen molar-refractivity contribution in [3.8, 4) is 0 Å². The Morgan fingerprint density at radius 2 is 2.07 bits per heavy atom. The van der Waals surface area contributed by atoms with Crippen LogP contribution in [0.5, 0.6) is 0 Å². The summed E-state index contributed by atoms with van der Waals surface area (Å²) in [5.74, 6) is 1.52. The van der Waals surface area contributed by atoms with Gasteiger partial charge in [0, 0.05) is 6.04 Å². The van der Waals surface area contributed by atoms with Gasteiger partial charge in [0.15, 0.2) is 0 Å². The van der Waals surface area contributed by atoms with E-state index >= 15 is 0 Å². The summed E-state index contributed by atoms with van der Waals surface area (Å²) in [7, 11) is 0. The Balaban J connectivity index is 2.20. The normalized spacial score (nSPS) is 25.0. The maximum atomic E-state index is 5.63. The maximum Gasteiger partial charge on any atom is 0.0119 e. The average Bonchev–Trinajstić information content (AvgIpc) is 2.65. The summed E-state index contributed by atoms with van der Waals surface area (Å²) < 4.78 is 0. The fraction of sp³-hybridized carbons (Fsp3) is 1.00. The topological polar surface area (TPSA) is 29.3 Å². The van der Waals surface area contributed by atoms with Crippen LogP contribution in [-0.4, -0.2) is 30.6 Å². The summed E-state index contributed by atoms with van der Waals surface area (Å²) in [6, 6.07) is 0.846. The van der Waals surface area contributed by atoms with E-state index in [-0.39, 0.29) is 0 Å². The second kappa shape index (κ2) is 6.49. The number of rotatable bonds is 6. The van der Waals surface area contributed by atoms with Crippen molar-refractivity contribution in [2.75, 3.05) is 19.6 Å². The van der Waals surface area contributed by atoms with Gasteiger partial charge in [0.05, 0.1) is 0 Å². The molecule has 0 amide bonds. The van der Waals surface area contributed by atoms with Crippen LogP contribution in [0.15, 0.2) is 0 Å². The molecule has 0 saturated carbocycles. The Hall–Kier alpha value is -0.0800. The largest absolute Gasteiger partial charge is 0.330 e. The van der Waals surface area contributed by atoms with Crippen LogP contribution < -0.4 is 5.73 Å². The third-order valence-corrected chi connectivity index (χ3v) is 3.73. The Morgan fingerprint density at radius 1 is 1.33 bits per heavy atom. The molecule has 15 heavy (non-hydrogen) atoms. The van der Waals surface area contributed by atoms with Crippen LogP contribution in [0.1, 0.15) is 46.5 Å². The standard InChI is InChI=1S/C13H28N2/c1-11(2)13-7-5-9-15(13)8-4-6-12(3)10-14/h11-13H,4-10,14H2,1-3H3. The van der Waals surface area contributed by atoms with Crippen LogP contribution in [0.2, 0.25) is 0 Å². The number of nitrogens with two attached hydrogens (primary N) is 1. The van der Waals surface area contributed by atoms with E-state index in [0.717, 1.165) is 18.5 Å². The lowest BCUT2D eigenvalue weighted by atomic mass is 10.0. The lowest BCUT2D eigenvalue weighted by Crippen LogP contribution is -2.34. The molecule has 1 saturated heterocycles. The smallest absolute Gasteiger partial charge is 0.0119 e. The number of hydrogen-bond donors (Lipinski definition) is 1. The van der Waals surface area contributed by atoms with Crippen LogP contribution in [0.3, 0.4) is 0 Å². The summed E-state index contributed by atoms with van der Waals surface area (Å²) in [6.45, 7) is 10.4. The van der Waals surface area contributed by atoms with Crippen LogP contribution in [0.25, 0.3) is 0 Å². The minimum atomic E-state index is 0.699. The highest BCUT2D eigenvalue weighted by atomic mass is 15.2. The van der Waals surface area contributed by atoms with Crippen LogP contribution in [0.4, 0.5) is 0 Å². The fourth-order valence-corrected chi connectivity index (χ4v) is 2.65. The fourth-order valence-electron chi connectivity index (χ4n) is 2.65. The zero-order valence-corrected chi connectivity index (χ0v) is 10.7. The van der Waals surface area contributed by atoms with Crippen molar-refractivity contribution in [2.24, 2.45) is 17.6 Å². The first-order valence-corrected chi connectivity index (χ1v) is 6.59. The van der Waals surface area contributed by atoms with Gasteiger partial charge in [-0.15, -0.1) is 0 Å². The summed E-state index contributed by atoms with van der Waals surface area (Å²) in [6.07, 6.45) is 5.42. The van der Waals surface area contributed by atoms with Gasteiger partial charge in [0.25, 0.3) is 0 Å². The second-order valence-corrected chi connectivity index (χ2v) is 5.47. The van der Waals surface area contributed by atoms with Crippen LogP contribution in [0, 0.1) is 11.8 Å². The van der Waals surface area contributed by atoms with Gasteiger partial charge < -0.3 is 10.6 Å². The van der Waals surface area contributed by atoms with E-state index in [9.17, 15) is 0 Å². The minimum absolute atomic E-state index is 0.699. The second-order valence-electron chi connectivity index (χ2n) is 5.47. The van der Waals surface area contributed by atoms with Gasteiger partial charge >= 0.3 is 0 Å². The van der Waals surface area contributed by atoms with Gasteiger partial charge in [-0.3, -0.25) is 0 Å². The van der Waals surface area contributed by atoms with Crippen molar-refractivity contribution in [3.63, 3.8) is 0 Å². The van der Waals surface area contributed by atoms with Crippen molar-refractivity contribution in [2.45, 2.75) is 52.5 Å². The summed E-state index contributed by atoms with van der Waals surface area (Å²) in [4.78, 5) is 2.69. The highest BCUT2D eigenvalue weighted by molar-refractivity contribution is 4.81. The first-order chi connectivity index (χ1) is 7.15. The Bertz CT molecular complexity index is 168. The molecule has 1 rings (SSSR count). The zero-order chi connectivity index (χ0) is 11.3. The quantitative estimate of drug-likeness (QED) is 0.733. The molecule has 0 aromatic rings. The molecule has 1 aliphatic rings. The van der Waals surface area contributed by atoms with Crippen molar-refractivity contribution in [1.82, 2.24) is 4.90 Å². The molecule has 0 aromatic carbocycles. The average molecular weight is 212 g/mol. The molecular weight excluding hydrogens is 184 g/mol. The Labute approximate surface area is 95.2 Å². The van der Waals surface area contributed by atoms with Crippen LogP contribution >= 0.6 is 0 Å². The van der Waals surface area contributed by atoms with Gasteiger partial charge in [0.1, 0.15) is 0 Å². The van der Waals surface area contributed by atoms with Gasteiger partial charge in [-0.25, -0.2) is 0 Å². The van der Waals surface area contributed by atoms with E-state index in [1.807, 2.05) is 0 Å². The highest BCUT2D eigenvalue weighted by Gasteiger charge is 2.26. The van der Waals surface area contributed by atoms with Crippen molar-refractivity contribution < 1.29 is 0 Å². The first-order valence-electron chi connectivity index (χ1n) is 6.59. The molecule has 1 fully saturated rings. The van der Waals surface area contributed by atoms with Gasteiger partial charge in [-0.1, -0.05) is 20.8 Å². The molecule has 90 valence electrons. The predicted octanol–water partition coefficient (Wildman–Crippen LogP) is 2.48.